The van der Waals surface area contributed by atoms with Crippen LogP contribution in [0, 0.1) is 0 Å². The molecule has 2 aliphatic rings. The largest absolute Gasteiger partial charge is 0.503 e. The molecule has 1 heterocycles. The minimum absolute atomic E-state index is 0.379. The highest BCUT2D eigenvalue weighted by atomic mass is 16.5. The molecular formula is C23H29NO4. The first kappa shape index (κ1) is 20.1. The number of esters is 1. The van der Waals surface area contributed by atoms with Gasteiger partial charge in [0.1, 0.15) is 17.9 Å². The van der Waals surface area contributed by atoms with Gasteiger partial charge in [-0.3, -0.25) is 0 Å². The zero-order chi connectivity index (χ0) is 19.8. The lowest BCUT2D eigenvalue weighted by Gasteiger charge is -2.32. The zero-order valence-electron chi connectivity index (χ0n) is 16.8. The fourth-order valence-electron chi connectivity index (χ4n) is 3.71. The van der Waals surface area contributed by atoms with Gasteiger partial charge in [-0.25, -0.2) is 4.79 Å². The summed E-state index contributed by atoms with van der Waals surface area (Å²) in [7, 11) is 2.88. The Morgan fingerprint density at radius 3 is 2.68 bits per heavy atom. The molecule has 5 nitrogen and oxygen atoms in total. The highest BCUT2D eigenvalue weighted by Crippen LogP contribution is 2.27. The van der Waals surface area contributed by atoms with E-state index >= 15 is 0 Å². The second-order valence-corrected chi connectivity index (χ2v) is 7.03. The SMILES string of the molecule is CO/C=C(/C(=O)OC)c1ccccc1COC1=CCCC(N2CCCCC2)=C1. The minimum Gasteiger partial charge on any atom is -0.503 e. The standard InChI is InChI=1S/C23H29NO4/c1-26-17-22(23(25)27-2)21-12-5-4-9-18(21)16-28-20-11-8-10-19(15-20)24-13-6-3-7-14-24/h4-5,9,11-12,15,17H,3,6-8,10,13-14,16H2,1-2H3/b22-17+. The number of methoxy groups -OCH3 is 2. The second kappa shape index (κ2) is 10.0. The number of likely N-dealkylation sites (tertiary alicyclic amines) is 1. The maximum Gasteiger partial charge on any atom is 0.341 e. The number of hydrogen-bond acceptors (Lipinski definition) is 5. The molecule has 0 spiro atoms. The molecule has 5 heteroatoms. The molecule has 150 valence electrons. The molecule has 0 radical (unpaired) electrons. The number of ether oxygens (including phenoxy) is 3. The van der Waals surface area contributed by atoms with E-state index in [2.05, 4.69) is 17.1 Å². The highest BCUT2D eigenvalue weighted by Gasteiger charge is 2.18. The van der Waals surface area contributed by atoms with Crippen LogP contribution in [0.15, 0.2) is 54.1 Å². The quantitative estimate of drug-likeness (QED) is 0.396. The Labute approximate surface area is 167 Å². The fourth-order valence-corrected chi connectivity index (χ4v) is 3.71. The Morgan fingerprint density at radius 1 is 1.14 bits per heavy atom. The van der Waals surface area contributed by atoms with Gasteiger partial charge in [-0.1, -0.05) is 24.3 Å². The van der Waals surface area contributed by atoms with Crippen LogP contribution >= 0.6 is 0 Å². The van der Waals surface area contributed by atoms with Crippen molar-refractivity contribution in [2.45, 2.75) is 38.7 Å². The summed E-state index contributed by atoms with van der Waals surface area (Å²) < 4.78 is 16.1. The third kappa shape index (κ3) is 4.97. The monoisotopic (exact) mass is 383 g/mol. The van der Waals surface area contributed by atoms with Crippen molar-refractivity contribution in [2.24, 2.45) is 0 Å². The van der Waals surface area contributed by atoms with E-state index in [0.717, 1.165) is 42.8 Å². The molecule has 1 aliphatic carbocycles. The van der Waals surface area contributed by atoms with Crippen molar-refractivity contribution in [3.8, 4) is 0 Å². The van der Waals surface area contributed by atoms with Gasteiger partial charge >= 0.3 is 5.97 Å². The van der Waals surface area contributed by atoms with Crippen molar-refractivity contribution >= 4 is 11.5 Å². The van der Waals surface area contributed by atoms with Gasteiger partial charge in [0.2, 0.25) is 0 Å². The second-order valence-electron chi connectivity index (χ2n) is 7.03. The van der Waals surface area contributed by atoms with E-state index in [1.165, 1.54) is 45.4 Å². The molecule has 1 saturated heterocycles. The minimum atomic E-state index is -0.432. The summed E-state index contributed by atoms with van der Waals surface area (Å²) in [6, 6.07) is 7.67. The molecule has 0 saturated carbocycles. The van der Waals surface area contributed by atoms with E-state index < -0.39 is 5.97 Å². The topological polar surface area (TPSA) is 48.0 Å². The number of rotatable bonds is 7. The lowest BCUT2D eigenvalue weighted by molar-refractivity contribution is -0.133. The van der Waals surface area contributed by atoms with Crippen molar-refractivity contribution in [2.75, 3.05) is 27.3 Å². The van der Waals surface area contributed by atoms with Gasteiger partial charge in [-0.2, -0.15) is 0 Å². The number of benzene rings is 1. The first-order valence-corrected chi connectivity index (χ1v) is 9.91. The van der Waals surface area contributed by atoms with Gasteiger partial charge in [0.05, 0.1) is 20.5 Å². The molecular weight excluding hydrogens is 354 g/mol. The first-order valence-electron chi connectivity index (χ1n) is 9.91. The molecule has 0 atom stereocenters. The summed E-state index contributed by atoms with van der Waals surface area (Å²) in [5.41, 5.74) is 3.43. The summed E-state index contributed by atoms with van der Waals surface area (Å²) in [5.74, 6) is 0.468. The lowest BCUT2D eigenvalue weighted by atomic mass is 10.0. The molecule has 0 unspecified atom stereocenters. The Kier molecular flexibility index (Phi) is 7.18. The number of nitrogens with zero attached hydrogens (tertiary/aromatic N) is 1. The van der Waals surface area contributed by atoms with Crippen LogP contribution in [-0.4, -0.2) is 38.2 Å². The van der Waals surface area contributed by atoms with Crippen molar-refractivity contribution < 1.29 is 19.0 Å². The summed E-state index contributed by atoms with van der Waals surface area (Å²) in [6.45, 7) is 2.67. The predicted molar refractivity (Wildman–Crippen MR) is 109 cm³/mol. The average Bonchev–Trinajstić information content (AvgIpc) is 2.76. The Bertz CT molecular complexity index is 773. The van der Waals surface area contributed by atoms with Gasteiger partial charge in [-0.05, 0) is 55.4 Å². The third-order valence-corrected chi connectivity index (χ3v) is 5.16. The van der Waals surface area contributed by atoms with Crippen molar-refractivity contribution in [1.29, 1.82) is 0 Å². The van der Waals surface area contributed by atoms with E-state index in [1.54, 1.807) is 0 Å². The van der Waals surface area contributed by atoms with E-state index in [-0.39, 0.29) is 0 Å². The van der Waals surface area contributed by atoms with Crippen LogP contribution in [-0.2, 0) is 25.6 Å². The van der Waals surface area contributed by atoms with Crippen molar-refractivity contribution in [3.63, 3.8) is 0 Å². The highest BCUT2D eigenvalue weighted by molar-refractivity contribution is 6.16. The maximum absolute atomic E-state index is 12.1. The van der Waals surface area contributed by atoms with E-state index in [0.29, 0.717) is 12.2 Å². The zero-order valence-corrected chi connectivity index (χ0v) is 16.8. The molecule has 1 aromatic carbocycles. The molecule has 0 bridgehead atoms. The molecule has 1 aromatic rings. The molecule has 3 rings (SSSR count). The van der Waals surface area contributed by atoms with Crippen LogP contribution in [0.5, 0.6) is 0 Å². The van der Waals surface area contributed by atoms with Gasteiger partial charge in [-0.15, -0.1) is 0 Å². The lowest BCUT2D eigenvalue weighted by Crippen LogP contribution is -2.29. The molecule has 0 aromatic heterocycles. The number of allylic oxidation sites excluding steroid dienone is 3. The van der Waals surface area contributed by atoms with Crippen LogP contribution < -0.4 is 0 Å². The number of piperidine rings is 1. The summed E-state index contributed by atoms with van der Waals surface area (Å²) >= 11 is 0. The average molecular weight is 383 g/mol. The van der Waals surface area contributed by atoms with E-state index in [4.69, 9.17) is 14.2 Å². The van der Waals surface area contributed by atoms with E-state index in [9.17, 15) is 4.79 Å². The molecule has 1 fully saturated rings. The van der Waals surface area contributed by atoms with Crippen LogP contribution in [0.1, 0.15) is 43.2 Å². The van der Waals surface area contributed by atoms with Gasteiger partial charge < -0.3 is 19.1 Å². The smallest absolute Gasteiger partial charge is 0.341 e. The van der Waals surface area contributed by atoms with Gasteiger partial charge in [0, 0.05) is 18.8 Å². The maximum atomic E-state index is 12.1. The third-order valence-electron chi connectivity index (χ3n) is 5.16. The normalized spacial score (nSPS) is 17.5. The fraction of sp³-hybridized carbons (Fsp3) is 0.435. The van der Waals surface area contributed by atoms with Crippen molar-refractivity contribution in [3.05, 3.63) is 65.3 Å². The van der Waals surface area contributed by atoms with Gasteiger partial charge in [0.15, 0.2) is 0 Å². The number of carbonyl (C=O) groups excluding carboxylic acids is 1. The predicted octanol–water partition coefficient (Wildman–Crippen LogP) is 4.41. The van der Waals surface area contributed by atoms with Crippen LogP contribution in [0.4, 0.5) is 0 Å². The Hall–Kier alpha value is -2.69. The number of hydrogen-bond donors (Lipinski definition) is 0. The summed E-state index contributed by atoms with van der Waals surface area (Å²) in [5, 5.41) is 0. The Balaban J connectivity index is 1.72. The molecule has 0 amide bonds. The van der Waals surface area contributed by atoms with Crippen LogP contribution in [0.3, 0.4) is 0 Å². The number of carbonyl (C=O) groups is 1. The van der Waals surface area contributed by atoms with Gasteiger partial charge in [0.25, 0.3) is 0 Å². The van der Waals surface area contributed by atoms with Crippen LogP contribution in [0.25, 0.3) is 5.57 Å². The van der Waals surface area contributed by atoms with Crippen molar-refractivity contribution in [1.82, 2.24) is 4.90 Å². The molecule has 28 heavy (non-hydrogen) atoms. The molecule has 1 aliphatic heterocycles. The van der Waals surface area contributed by atoms with Crippen LogP contribution in [0.2, 0.25) is 0 Å². The summed E-state index contributed by atoms with van der Waals surface area (Å²) in [4.78, 5) is 14.6. The Morgan fingerprint density at radius 2 is 1.93 bits per heavy atom. The first-order chi connectivity index (χ1) is 13.7. The summed E-state index contributed by atoms with van der Waals surface area (Å²) in [6.07, 6.45) is 11.7. The molecule has 0 N–H and O–H groups in total. The van der Waals surface area contributed by atoms with E-state index in [1.807, 2.05) is 24.3 Å².